The second-order valence-electron chi connectivity index (χ2n) is 8.53. The van der Waals surface area contributed by atoms with Crippen LogP contribution in [0.4, 0.5) is 18.9 Å². The number of imide groups is 1. The number of esters is 1. The van der Waals surface area contributed by atoms with E-state index in [1.165, 1.54) is 37.3 Å². The normalized spacial score (nSPS) is 15.2. The van der Waals surface area contributed by atoms with Gasteiger partial charge in [0.1, 0.15) is 11.1 Å². The highest BCUT2D eigenvalue weighted by atomic mass is 79.9. The molecule has 4 rings (SSSR count). The minimum absolute atomic E-state index is 0.00321. The number of hydrogen-bond acceptors (Lipinski definition) is 8. The second kappa shape index (κ2) is 11.6. The molecule has 1 aliphatic rings. The summed E-state index contributed by atoms with van der Waals surface area (Å²) in [7, 11) is 0. The van der Waals surface area contributed by atoms with E-state index in [9.17, 15) is 37.6 Å². The zero-order valence-corrected chi connectivity index (χ0v) is 22.9. The molecule has 3 aromatic rings. The Bertz CT molecular complexity index is 1550. The number of ketones is 1. The van der Waals surface area contributed by atoms with Crippen LogP contribution in [0, 0.1) is 18.3 Å². The molecule has 2 heterocycles. The molecule has 1 atom stereocenters. The number of pyridine rings is 1. The topological polar surface area (TPSA) is 117 Å². The number of nitrogens with zero attached hydrogens (tertiary/aromatic N) is 3. The van der Waals surface area contributed by atoms with Gasteiger partial charge in [0, 0.05) is 22.2 Å². The van der Waals surface area contributed by atoms with Crippen molar-refractivity contribution in [2.24, 2.45) is 0 Å². The van der Waals surface area contributed by atoms with Gasteiger partial charge in [-0.15, -0.1) is 0 Å². The number of thioether (sulfide) groups is 1. The van der Waals surface area contributed by atoms with Crippen molar-refractivity contribution < 1.29 is 37.1 Å². The lowest BCUT2D eigenvalue weighted by molar-refractivity contribution is -0.138. The van der Waals surface area contributed by atoms with Crippen LogP contribution in [0.1, 0.15) is 44.0 Å². The summed E-state index contributed by atoms with van der Waals surface area (Å²) in [5.74, 6) is -2.51. The predicted molar refractivity (Wildman–Crippen MR) is 141 cm³/mol. The molecular weight excluding hydrogens is 615 g/mol. The molecule has 204 valence electrons. The van der Waals surface area contributed by atoms with Crippen molar-refractivity contribution in [2.45, 2.75) is 29.8 Å². The van der Waals surface area contributed by atoms with E-state index in [-0.39, 0.29) is 28.4 Å². The monoisotopic (exact) mass is 631 g/mol. The van der Waals surface area contributed by atoms with Crippen molar-refractivity contribution in [2.75, 3.05) is 11.5 Å². The summed E-state index contributed by atoms with van der Waals surface area (Å²) in [5.41, 5.74) is -1.32. The average Bonchev–Trinajstić information content (AvgIpc) is 3.18. The molecule has 1 unspecified atom stereocenters. The van der Waals surface area contributed by atoms with E-state index < -0.39 is 52.7 Å². The summed E-state index contributed by atoms with van der Waals surface area (Å²) in [6.45, 7) is 0.843. The lowest BCUT2D eigenvalue weighted by Gasteiger charge is -2.16. The molecule has 8 nitrogen and oxygen atoms in total. The summed E-state index contributed by atoms with van der Waals surface area (Å²) in [6.07, 6.45) is -5.13. The smallest absolute Gasteiger partial charge is 0.417 e. The Morgan fingerprint density at radius 3 is 2.35 bits per heavy atom. The van der Waals surface area contributed by atoms with Gasteiger partial charge >= 0.3 is 12.1 Å². The van der Waals surface area contributed by atoms with Gasteiger partial charge in [-0.25, -0.2) is 14.7 Å². The van der Waals surface area contributed by atoms with Crippen LogP contribution in [0.15, 0.2) is 64.1 Å². The fourth-order valence-electron chi connectivity index (χ4n) is 3.84. The Morgan fingerprint density at radius 1 is 1.12 bits per heavy atom. The number of aromatic nitrogens is 1. The number of hydrogen-bond donors (Lipinski definition) is 0. The zero-order chi connectivity index (χ0) is 29.2. The third-order valence-corrected chi connectivity index (χ3v) is 7.45. The minimum Gasteiger partial charge on any atom is -0.454 e. The van der Waals surface area contributed by atoms with E-state index in [1.54, 1.807) is 24.3 Å². The summed E-state index contributed by atoms with van der Waals surface area (Å²) < 4.78 is 46.1. The van der Waals surface area contributed by atoms with Gasteiger partial charge in [0.15, 0.2) is 12.4 Å². The first-order chi connectivity index (χ1) is 18.9. The quantitative estimate of drug-likeness (QED) is 0.190. The molecular formula is C27H17BrF3N3O5S. The van der Waals surface area contributed by atoms with Crippen molar-refractivity contribution in [3.8, 4) is 6.07 Å². The molecule has 0 saturated carbocycles. The number of alkyl halides is 3. The summed E-state index contributed by atoms with van der Waals surface area (Å²) in [5, 5.41) is 7.96. The summed E-state index contributed by atoms with van der Waals surface area (Å²) in [4.78, 5) is 55.2. The van der Waals surface area contributed by atoms with Crippen molar-refractivity contribution in [1.29, 1.82) is 5.26 Å². The van der Waals surface area contributed by atoms with E-state index in [0.717, 1.165) is 15.4 Å². The largest absolute Gasteiger partial charge is 0.454 e. The van der Waals surface area contributed by atoms with Gasteiger partial charge in [-0.05, 0) is 49.4 Å². The number of amides is 2. The maximum absolute atomic E-state index is 13.4. The SMILES string of the molecule is Cc1cc(C(F)(F)F)c(C#N)c(SC2CC(=O)N(c3ccc(C(=O)OCC(=O)c4ccc(Br)cc4)cc3)C2=O)n1. The van der Waals surface area contributed by atoms with E-state index >= 15 is 0 Å². The maximum Gasteiger partial charge on any atom is 0.417 e. The minimum atomic E-state index is -4.80. The van der Waals surface area contributed by atoms with Crippen molar-refractivity contribution in [3.63, 3.8) is 0 Å². The lowest BCUT2D eigenvalue weighted by Crippen LogP contribution is -2.31. The molecule has 1 saturated heterocycles. The third kappa shape index (κ3) is 6.24. The second-order valence-corrected chi connectivity index (χ2v) is 10.6. The number of carbonyl (C=O) groups is 4. The van der Waals surface area contributed by atoms with Crippen LogP contribution < -0.4 is 4.90 Å². The third-order valence-electron chi connectivity index (χ3n) is 5.75. The van der Waals surface area contributed by atoms with Gasteiger partial charge in [0.2, 0.25) is 11.8 Å². The maximum atomic E-state index is 13.4. The van der Waals surface area contributed by atoms with E-state index in [4.69, 9.17) is 4.74 Å². The Morgan fingerprint density at radius 2 is 1.75 bits per heavy atom. The lowest BCUT2D eigenvalue weighted by atomic mass is 10.1. The van der Waals surface area contributed by atoms with E-state index in [0.29, 0.717) is 17.3 Å². The van der Waals surface area contributed by atoms with Crippen LogP contribution in [-0.2, 0) is 20.5 Å². The van der Waals surface area contributed by atoms with Crippen LogP contribution in [0.3, 0.4) is 0 Å². The molecule has 2 aromatic carbocycles. The molecule has 13 heteroatoms. The Labute approximate surface area is 238 Å². The van der Waals surface area contributed by atoms with E-state index in [1.807, 2.05) is 0 Å². The first-order valence-corrected chi connectivity index (χ1v) is 13.1. The number of ether oxygens (including phenoxy) is 1. The molecule has 0 bridgehead atoms. The Hall–Kier alpha value is -4.02. The van der Waals surface area contributed by atoms with Gasteiger partial charge < -0.3 is 4.74 Å². The van der Waals surface area contributed by atoms with Crippen LogP contribution in [0.2, 0.25) is 0 Å². The highest BCUT2D eigenvalue weighted by Gasteiger charge is 2.42. The van der Waals surface area contributed by atoms with Gasteiger partial charge in [-0.2, -0.15) is 18.4 Å². The molecule has 0 aliphatic carbocycles. The van der Waals surface area contributed by atoms with Gasteiger partial charge in [0.05, 0.1) is 27.6 Å². The number of rotatable bonds is 7. The fraction of sp³-hybridized carbons (Fsp3) is 0.185. The van der Waals surface area contributed by atoms with Gasteiger partial charge in [-0.3, -0.25) is 14.4 Å². The fourth-order valence-corrected chi connectivity index (χ4v) is 5.28. The van der Waals surface area contributed by atoms with Gasteiger partial charge in [-0.1, -0.05) is 39.8 Å². The van der Waals surface area contributed by atoms with Crippen LogP contribution in [0.5, 0.6) is 0 Å². The standard InChI is InChI=1S/C27H17BrF3N3O5S/c1-14-10-20(27(29,30)31)19(12-32)24(33-14)40-22-11-23(36)34(25(22)37)18-8-4-16(5-9-18)26(38)39-13-21(35)15-2-6-17(28)7-3-15/h2-10,22H,11,13H2,1H3. The number of anilines is 1. The van der Waals surface area contributed by atoms with Crippen molar-refractivity contribution >= 4 is 56.9 Å². The first-order valence-electron chi connectivity index (χ1n) is 11.5. The Kier molecular flexibility index (Phi) is 8.41. The number of nitriles is 1. The number of aryl methyl sites for hydroxylation is 1. The highest BCUT2D eigenvalue weighted by molar-refractivity contribution is 9.10. The first kappa shape index (κ1) is 29.0. The van der Waals surface area contributed by atoms with Crippen LogP contribution in [-0.4, -0.2) is 40.4 Å². The number of carbonyl (C=O) groups excluding carboxylic acids is 4. The molecule has 0 radical (unpaired) electrons. The molecule has 1 aliphatic heterocycles. The molecule has 1 fully saturated rings. The Balaban J connectivity index is 1.45. The number of Topliss-reactive ketones (excluding diaryl/α,β-unsaturated/α-hetero) is 1. The summed E-state index contributed by atoms with van der Waals surface area (Å²) >= 11 is 3.88. The molecule has 2 amide bonds. The predicted octanol–water partition coefficient (Wildman–Crippen LogP) is 5.51. The molecule has 0 spiro atoms. The number of benzene rings is 2. The van der Waals surface area contributed by atoms with Crippen molar-refractivity contribution in [1.82, 2.24) is 4.98 Å². The number of halogens is 4. The van der Waals surface area contributed by atoms with Crippen LogP contribution in [0.25, 0.3) is 0 Å². The molecule has 40 heavy (non-hydrogen) atoms. The van der Waals surface area contributed by atoms with E-state index in [2.05, 4.69) is 20.9 Å². The van der Waals surface area contributed by atoms with Crippen LogP contribution >= 0.6 is 27.7 Å². The van der Waals surface area contributed by atoms with Gasteiger partial charge in [0.25, 0.3) is 0 Å². The average molecular weight is 632 g/mol. The molecule has 0 N–H and O–H groups in total. The summed E-state index contributed by atoms with van der Waals surface area (Å²) in [6, 6.07) is 14.1. The van der Waals surface area contributed by atoms with Crippen molar-refractivity contribution in [3.05, 3.63) is 87.0 Å². The molecule has 1 aromatic heterocycles. The highest BCUT2D eigenvalue weighted by Crippen LogP contribution is 2.39. The zero-order valence-electron chi connectivity index (χ0n) is 20.5.